The van der Waals surface area contributed by atoms with Crippen molar-refractivity contribution in [3.05, 3.63) is 59.7 Å². The highest BCUT2D eigenvalue weighted by molar-refractivity contribution is 5.88. The number of carbonyl (C=O) groups is 2. The molecule has 0 aromatic heterocycles. The average molecular weight is 351 g/mol. The van der Waals surface area contributed by atoms with Crippen molar-refractivity contribution < 1.29 is 14.3 Å². The quantitative estimate of drug-likeness (QED) is 0.741. The van der Waals surface area contributed by atoms with Gasteiger partial charge in [0, 0.05) is 13.6 Å². The number of amides is 1. The molecule has 4 nitrogen and oxygen atoms in total. The molecule has 0 aliphatic carbocycles. The minimum Gasteiger partial charge on any atom is -0.457 e. The number of hydrogen-bond acceptors (Lipinski definition) is 3. The minimum atomic E-state index is -0.505. The zero-order chi connectivity index (χ0) is 18.6. The summed E-state index contributed by atoms with van der Waals surface area (Å²) in [5, 5.41) is 0. The van der Waals surface area contributed by atoms with Crippen molar-refractivity contribution in [2.75, 3.05) is 13.6 Å². The summed E-state index contributed by atoms with van der Waals surface area (Å²) in [5.41, 5.74) is 0.989. The maximum Gasteiger partial charge on any atom is 0.232 e. The fourth-order valence-electron chi connectivity index (χ4n) is 3.80. The molecule has 1 saturated heterocycles. The van der Waals surface area contributed by atoms with Gasteiger partial charge in [-0.15, -0.1) is 0 Å². The van der Waals surface area contributed by atoms with Crippen LogP contribution in [0.4, 0.5) is 0 Å². The van der Waals surface area contributed by atoms with E-state index >= 15 is 0 Å². The monoisotopic (exact) mass is 351 g/mol. The van der Waals surface area contributed by atoms with Gasteiger partial charge in [-0.2, -0.15) is 0 Å². The maximum atomic E-state index is 13.1. The van der Waals surface area contributed by atoms with E-state index < -0.39 is 5.41 Å². The third-order valence-electron chi connectivity index (χ3n) is 5.37. The summed E-state index contributed by atoms with van der Waals surface area (Å²) in [5.74, 6) is 1.35. The molecule has 1 amide bonds. The normalized spacial score (nSPS) is 20.5. The summed E-state index contributed by atoms with van der Waals surface area (Å²) < 4.78 is 5.96. The van der Waals surface area contributed by atoms with Gasteiger partial charge in [0.25, 0.3) is 0 Å². The number of para-hydroxylation sites is 1. The van der Waals surface area contributed by atoms with E-state index in [2.05, 4.69) is 6.92 Å². The Balaban J connectivity index is 1.97. The fraction of sp³-hybridized carbons (Fsp3) is 0.364. The minimum absolute atomic E-state index is 0.183. The fourth-order valence-corrected chi connectivity index (χ4v) is 3.80. The Hall–Kier alpha value is -2.62. The summed E-state index contributed by atoms with van der Waals surface area (Å²) in [4.78, 5) is 26.2. The number of aldehydes is 1. The van der Waals surface area contributed by atoms with Crippen LogP contribution in [0.1, 0.15) is 48.5 Å². The number of benzene rings is 2. The lowest BCUT2D eigenvalue weighted by molar-refractivity contribution is -0.135. The zero-order valence-electron chi connectivity index (χ0n) is 15.4. The molecular formula is C22H25NO3. The highest BCUT2D eigenvalue weighted by atomic mass is 16.5. The first-order valence-corrected chi connectivity index (χ1v) is 9.19. The number of likely N-dealkylation sites (N-methyl/N-ethyl adjacent to an activating group) is 1. The van der Waals surface area contributed by atoms with Crippen molar-refractivity contribution in [2.24, 2.45) is 0 Å². The summed E-state index contributed by atoms with van der Waals surface area (Å²) >= 11 is 0. The second-order valence-corrected chi connectivity index (χ2v) is 6.91. The van der Waals surface area contributed by atoms with Crippen molar-refractivity contribution in [3.63, 3.8) is 0 Å². The first kappa shape index (κ1) is 18.2. The smallest absolute Gasteiger partial charge is 0.232 e. The van der Waals surface area contributed by atoms with Gasteiger partial charge in [-0.1, -0.05) is 37.6 Å². The van der Waals surface area contributed by atoms with Gasteiger partial charge in [0.1, 0.15) is 11.5 Å². The maximum absolute atomic E-state index is 13.1. The SMILES string of the molecule is CCC1(c2cccc(Oc3ccccc3C=O)c2)CCCCN(C)C1=O. The summed E-state index contributed by atoms with van der Waals surface area (Å²) in [6, 6.07) is 14.9. The highest BCUT2D eigenvalue weighted by Crippen LogP contribution is 2.39. The Morgan fingerprint density at radius 3 is 2.73 bits per heavy atom. The molecule has 0 radical (unpaired) electrons. The van der Waals surface area contributed by atoms with E-state index in [4.69, 9.17) is 4.74 Å². The van der Waals surface area contributed by atoms with Crippen LogP contribution in [0.2, 0.25) is 0 Å². The topological polar surface area (TPSA) is 46.6 Å². The van der Waals surface area contributed by atoms with Crippen LogP contribution in [0.25, 0.3) is 0 Å². The molecular weight excluding hydrogens is 326 g/mol. The predicted molar refractivity (Wildman–Crippen MR) is 102 cm³/mol. The summed E-state index contributed by atoms with van der Waals surface area (Å²) in [7, 11) is 1.89. The van der Waals surface area contributed by atoms with Gasteiger partial charge >= 0.3 is 0 Å². The lowest BCUT2D eigenvalue weighted by atomic mass is 9.73. The predicted octanol–water partition coefficient (Wildman–Crippen LogP) is 4.58. The number of nitrogens with zero attached hydrogens (tertiary/aromatic N) is 1. The zero-order valence-corrected chi connectivity index (χ0v) is 15.4. The van der Waals surface area contributed by atoms with Crippen LogP contribution in [0.3, 0.4) is 0 Å². The number of carbonyl (C=O) groups excluding carboxylic acids is 2. The van der Waals surface area contributed by atoms with Crippen LogP contribution in [-0.4, -0.2) is 30.7 Å². The van der Waals surface area contributed by atoms with Crippen molar-refractivity contribution in [2.45, 2.75) is 38.0 Å². The Morgan fingerprint density at radius 1 is 1.15 bits per heavy atom. The molecule has 2 aromatic rings. The van der Waals surface area contributed by atoms with Crippen molar-refractivity contribution in [1.82, 2.24) is 4.90 Å². The molecule has 2 aromatic carbocycles. The van der Waals surface area contributed by atoms with Gasteiger partial charge in [0.15, 0.2) is 6.29 Å². The van der Waals surface area contributed by atoms with Crippen LogP contribution in [0.15, 0.2) is 48.5 Å². The Bertz CT molecular complexity index is 801. The first-order chi connectivity index (χ1) is 12.6. The van der Waals surface area contributed by atoms with Crippen LogP contribution in [-0.2, 0) is 10.2 Å². The molecule has 136 valence electrons. The first-order valence-electron chi connectivity index (χ1n) is 9.19. The van der Waals surface area contributed by atoms with E-state index in [0.717, 1.165) is 44.1 Å². The number of rotatable bonds is 5. The van der Waals surface area contributed by atoms with Gasteiger partial charge in [-0.25, -0.2) is 0 Å². The second kappa shape index (κ2) is 7.73. The summed E-state index contributed by atoms with van der Waals surface area (Å²) in [6.07, 6.45) is 4.46. The Kier molecular flexibility index (Phi) is 5.40. The van der Waals surface area contributed by atoms with E-state index in [0.29, 0.717) is 17.1 Å². The Labute approximate surface area is 154 Å². The third kappa shape index (κ3) is 3.36. The number of hydrogen-bond donors (Lipinski definition) is 0. The van der Waals surface area contributed by atoms with Crippen molar-refractivity contribution >= 4 is 12.2 Å². The third-order valence-corrected chi connectivity index (χ3v) is 5.37. The molecule has 3 rings (SSSR count). The van der Waals surface area contributed by atoms with Crippen LogP contribution in [0, 0.1) is 0 Å². The molecule has 0 spiro atoms. The van der Waals surface area contributed by atoms with Gasteiger partial charge in [0.2, 0.25) is 5.91 Å². The number of ether oxygens (including phenoxy) is 1. The lowest BCUT2D eigenvalue weighted by Crippen LogP contribution is -2.43. The van der Waals surface area contributed by atoms with Crippen molar-refractivity contribution in [1.29, 1.82) is 0 Å². The molecule has 1 unspecified atom stereocenters. The molecule has 0 bridgehead atoms. The molecule has 0 N–H and O–H groups in total. The largest absolute Gasteiger partial charge is 0.457 e. The molecule has 0 saturated carbocycles. The molecule has 26 heavy (non-hydrogen) atoms. The van der Waals surface area contributed by atoms with E-state index in [-0.39, 0.29) is 5.91 Å². The van der Waals surface area contributed by atoms with Gasteiger partial charge in [0.05, 0.1) is 11.0 Å². The molecule has 1 fully saturated rings. The molecule has 1 aliphatic rings. The molecule has 1 heterocycles. The molecule has 1 atom stereocenters. The van der Waals surface area contributed by atoms with Crippen LogP contribution in [0.5, 0.6) is 11.5 Å². The van der Waals surface area contributed by atoms with Gasteiger partial charge in [-0.05, 0) is 49.1 Å². The van der Waals surface area contributed by atoms with Gasteiger partial charge in [-0.3, -0.25) is 9.59 Å². The highest BCUT2D eigenvalue weighted by Gasteiger charge is 2.41. The standard InChI is InChI=1S/C22H25NO3/c1-3-22(13-6-7-14-23(2)21(22)25)18-10-8-11-19(15-18)26-20-12-5-4-9-17(20)16-24/h4-5,8-12,15-16H,3,6-7,13-14H2,1-2H3. The molecule has 4 heteroatoms. The van der Waals surface area contributed by atoms with E-state index in [1.807, 2.05) is 42.3 Å². The molecule has 1 aliphatic heterocycles. The average Bonchev–Trinajstić information content (AvgIpc) is 2.82. The summed E-state index contributed by atoms with van der Waals surface area (Å²) in [6.45, 7) is 2.88. The van der Waals surface area contributed by atoms with Crippen LogP contribution >= 0.6 is 0 Å². The second-order valence-electron chi connectivity index (χ2n) is 6.91. The Morgan fingerprint density at radius 2 is 1.96 bits per heavy atom. The number of likely N-dealkylation sites (tertiary alicyclic amines) is 1. The van der Waals surface area contributed by atoms with E-state index in [9.17, 15) is 9.59 Å². The van der Waals surface area contributed by atoms with Gasteiger partial charge < -0.3 is 9.64 Å². The lowest BCUT2D eigenvalue weighted by Gasteiger charge is -2.33. The van der Waals surface area contributed by atoms with Crippen LogP contribution < -0.4 is 4.74 Å². The van der Waals surface area contributed by atoms with E-state index in [1.165, 1.54) is 0 Å². The van der Waals surface area contributed by atoms with E-state index in [1.54, 1.807) is 18.2 Å². The van der Waals surface area contributed by atoms with Crippen molar-refractivity contribution in [3.8, 4) is 11.5 Å².